The highest BCUT2D eigenvalue weighted by Crippen LogP contribution is 2.36. The summed E-state index contributed by atoms with van der Waals surface area (Å²) in [5, 5.41) is 0. The number of hydrogen-bond donors (Lipinski definition) is 0. The molecule has 1 aromatic carbocycles. The van der Waals surface area contributed by atoms with Gasteiger partial charge in [0.05, 0.1) is 16.9 Å². The molecular weight excluding hydrogens is 509 g/mol. The highest BCUT2D eigenvalue weighted by atomic mass is 19.4. The first kappa shape index (κ1) is 28.8. The van der Waals surface area contributed by atoms with Crippen LogP contribution in [-0.4, -0.2) is 93.1 Å². The van der Waals surface area contributed by atoms with Crippen LogP contribution in [0.25, 0.3) is 0 Å². The Hall–Kier alpha value is -3.18. The molecule has 39 heavy (non-hydrogen) atoms. The van der Waals surface area contributed by atoms with Crippen molar-refractivity contribution >= 4 is 29.0 Å². The molecule has 0 radical (unpaired) electrons. The van der Waals surface area contributed by atoms with Gasteiger partial charge in [0.2, 0.25) is 11.8 Å². The zero-order valence-corrected chi connectivity index (χ0v) is 23.3. The number of carbonyl (C=O) groups excluding carboxylic acids is 2. The van der Waals surface area contributed by atoms with Gasteiger partial charge in [0.15, 0.2) is 0 Å². The molecule has 4 rings (SSSR count). The summed E-state index contributed by atoms with van der Waals surface area (Å²) in [6, 6.07) is 6.57. The summed E-state index contributed by atoms with van der Waals surface area (Å²) in [7, 11) is 5.78. The lowest BCUT2D eigenvalue weighted by Gasteiger charge is -2.35. The first-order valence-corrected chi connectivity index (χ1v) is 13.2. The Morgan fingerprint density at radius 2 is 1.79 bits per heavy atom. The predicted octanol–water partition coefficient (Wildman–Crippen LogP) is 3.56. The number of rotatable bonds is 7. The monoisotopic (exact) mass is 546 g/mol. The van der Waals surface area contributed by atoms with Crippen LogP contribution < -0.4 is 14.7 Å². The van der Waals surface area contributed by atoms with Crippen molar-refractivity contribution in [3.05, 3.63) is 47.2 Å². The standard InChI is InChI=1S/C28H37F3N6O2/c1-19-7-6-8-22(26(19)34(4)13-16-36-14-11-33(3)12-15-36)35(5)27(39)23-9-10-25(38)37(23)24-18-21(28(29,30)31)17-20(2)32-24/h6-8,17-18,23H,9-16H2,1-5H3/t23-/m0/s1. The number of hydrogen-bond acceptors (Lipinski definition) is 6. The van der Waals surface area contributed by atoms with E-state index in [0.717, 1.165) is 67.6 Å². The first-order valence-electron chi connectivity index (χ1n) is 13.2. The van der Waals surface area contributed by atoms with Gasteiger partial charge in [-0.15, -0.1) is 0 Å². The molecule has 212 valence electrons. The maximum Gasteiger partial charge on any atom is 0.416 e. The van der Waals surface area contributed by atoms with Gasteiger partial charge in [0.1, 0.15) is 11.9 Å². The van der Waals surface area contributed by atoms with E-state index in [1.54, 1.807) is 7.05 Å². The van der Waals surface area contributed by atoms with Crippen LogP contribution in [0.15, 0.2) is 30.3 Å². The summed E-state index contributed by atoms with van der Waals surface area (Å²) in [5.41, 5.74) is 1.83. The molecule has 2 aromatic rings. The highest BCUT2D eigenvalue weighted by molar-refractivity contribution is 6.09. The number of alkyl halides is 3. The lowest BCUT2D eigenvalue weighted by Crippen LogP contribution is -2.47. The van der Waals surface area contributed by atoms with Crippen molar-refractivity contribution in [1.82, 2.24) is 14.8 Å². The number of nitrogens with zero attached hydrogens (tertiary/aromatic N) is 6. The molecule has 0 bridgehead atoms. The Bertz CT molecular complexity index is 1210. The highest BCUT2D eigenvalue weighted by Gasteiger charge is 2.41. The number of halogens is 3. The number of amides is 2. The van der Waals surface area contributed by atoms with Crippen molar-refractivity contribution in [2.45, 2.75) is 38.9 Å². The Balaban J connectivity index is 1.57. The van der Waals surface area contributed by atoms with Gasteiger partial charge in [-0.3, -0.25) is 19.4 Å². The Kier molecular flexibility index (Phi) is 8.51. The molecule has 8 nitrogen and oxygen atoms in total. The molecule has 0 saturated carbocycles. The predicted molar refractivity (Wildman–Crippen MR) is 146 cm³/mol. The minimum Gasteiger partial charge on any atom is -0.371 e. The van der Waals surface area contributed by atoms with Crippen LogP contribution in [0.4, 0.5) is 30.4 Å². The van der Waals surface area contributed by atoms with Crippen LogP contribution in [0.1, 0.15) is 29.7 Å². The summed E-state index contributed by atoms with van der Waals surface area (Å²) in [4.78, 5) is 40.4. The number of aromatic nitrogens is 1. The normalized spacial score (nSPS) is 19.0. The van der Waals surface area contributed by atoms with E-state index < -0.39 is 23.7 Å². The number of piperazine rings is 1. The molecule has 0 spiro atoms. The van der Waals surface area contributed by atoms with Crippen molar-refractivity contribution < 1.29 is 22.8 Å². The van der Waals surface area contributed by atoms with E-state index in [1.165, 1.54) is 11.8 Å². The van der Waals surface area contributed by atoms with Gasteiger partial charge in [0, 0.05) is 65.5 Å². The molecule has 2 saturated heterocycles. The quantitative estimate of drug-likeness (QED) is 0.530. The minimum absolute atomic E-state index is 0.0623. The van der Waals surface area contributed by atoms with Crippen LogP contribution >= 0.6 is 0 Å². The number of likely N-dealkylation sites (N-methyl/N-ethyl adjacent to an activating group) is 3. The summed E-state index contributed by atoms with van der Waals surface area (Å²) in [6.45, 7) is 9.19. The average Bonchev–Trinajstić information content (AvgIpc) is 3.27. The van der Waals surface area contributed by atoms with Crippen LogP contribution in [0, 0.1) is 13.8 Å². The van der Waals surface area contributed by atoms with Crippen LogP contribution in [0.5, 0.6) is 0 Å². The van der Waals surface area contributed by atoms with Crippen molar-refractivity contribution in [3.63, 3.8) is 0 Å². The molecule has 2 amide bonds. The number of benzene rings is 1. The molecule has 0 unspecified atom stereocenters. The zero-order valence-electron chi connectivity index (χ0n) is 23.3. The summed E-state index contributed by atoms with van der Waals surface area (Å²) < 4.78 is 40.4. The second-order valence-electron chi connectivity index (χ2n) is 10.6. The van der Waals surface area contributed by atoms with Gasteiger partial charge >= 0.3 is 6.18 Å². The number of carbonyl (C=O) groups is 2. The van der Waals surface area contributed by atoms with Gasteiger partial charge in [-0.2, -0.15) is 13.2 Å². The van der Waals surface area contributed by atoms with E-state index in [1.807, 2.05) is 32.2 Å². The number of pyridine rings is 1. The van der Waals surface area contributed by atoms with E-state index in [2.05, 4.69) is 26.7 Å². The number of para-hydroxylation sites is 1. The first-order chi connectivity index (χ1) is 18.4. The summed E-state index contributed by atoms with van der Waals surface area (Å²) in [6.07, 6.45) is -4.32. The fourth-order valence-corrected chi connectivity index (χ4v) is 5.37. The topological polar surface area (TPSA) is 63.2 Å². The van der Waals surface area contributed by atoms with E-state index >= 15 is 0 Å². The Morgan fingerprint density at radius 3 is 2.46 bits per heavy atom. The molecule has 11 heteroatoms. The molecule has 2 aliphatic heterocycles. The van der Waals surface area contributed by atoms with Crippen molar-refractivity contribution in [2.24, 2.45) is 0 Å². The lowest BCUT2D eigenvalue weighted by atomic mass is 10.1. The summed E-state index contributed by atoms with van der Waals surface area (Å²) >= 11 is 0. The fraction of sp³-hybridized carbons (Fsp3) is 0.536. The average molecular weight is 547 g/mol. The fourth-order valence-electron chi connectivity index (χ4n) is 5.37. The third-order valence-electron chi connectivity index (χ3n) is 7.65. The minimum atomic E-state index is -4.59. The smallest absolute Gasteiger partial charge is 0.371 e. The third-order valence-corrected chi connectivity index (χ3v) is 7.65. The van der Waals surface area contributed by atoms with Gasteiger partial charge < -0.3 is 14.7 Å². The largest absolute Gasteiger partial charge is 0.416 e. The molecule has 3 heterocycles. The van der Waals surface area contributed by atoms with Gasteiger partial charge in [-0.1, -0.05) is 12.1 Å². The van der Waals surface area contributed by atoms with Crippen LogP contribution in [0.2, 0.25) is 0 Å². The SMILES string of the molecule is Cc1cc(C(F)(F)F)cc(N2C(=O)CC[C@H]2C(=O)N(C)c2cccc(C)c2N(C)CCN2CCN(C)CC2)n1. The van der Waals surface area contributed by atoms with Crippen molar-refractivity contribution in [1.29, 1.82) is 0 Å². The maximum atomic E-state index is 13.8. The van der Waals surface area contributed by atoms with Gasteiger partial charge in [0.25, 0.3) is 0 Å². The van der Waals surface area contributed by atoms with Crippen molar-refractivity contribution in [2.75, 3.05) is 75.1 Å². The van der Waals surface area contributed by atoms with E-state index in [-0.39, 0.29) is 30.3 Å². The molecule has 0 aliphatic carbocycles. The molecule has 0 N–H and O–H groups in total. The van der Waals surface area contributed by atoms with Crippen LogP contribution in [-0.2, 0) is 15.8 Å². The van der Waals surface area contributed by atoms with E-state index in [0.29, 0.717) is 5.69 Å². The third kappa shape index (κ3) is 6.36. The molecule has 2 fully saturated rings. The number of anilines is 3. The molecular formula is C28H37F3N6O2. The molecule has 1 atom stereocenters. The Labute approximate surface area is 228 Å². The van der Waals surface area contributed by atoms with Crippen molar-refractivity contribution in [3.8, 4) is 0 Å². The molecule has 2 aliphatic rings. The lowest BCUT2D eigenvalue weighted by molar-refractivity contribution is -0.137. The second-order valence-corrected chi connectivity index (χ2v) is 10.6. The molecule has 1 aromatic heterocycles. The second kappa shape index (κ2) is 11.5. The zero-order chi connectivity index (χ0) is 28.5. The van der Waals surface area contributed by atoms with E-state index in [4.69, 9.17) is 0 Å². The van der Waals surface area contributed by atoms with Gasteiger partial charge in [-0.25, -0.2) is 4.98 Å². The van der Waals surface area contributed by atoms with Gasteiger partial charge in [-0.05, 0) is 51.1 Å². The summed E-state index contributed by atoms with van der Waals surface area (Å²) in [5.74, 6) is -0.927. The van der Waals surface area contributed by atoms with Crippen LogP contribution in [0.3, 0.4) is 0 Å². The Morgan fingerprint density at radius 1 is 1.10 bits per heavy atom. The number of aryl methyl sites for hydroxylation is 2. The van der Waals surface area contributed by atoms with E-state index in [9.17, 15) is 22.8 Å². The maximum absolute atomic E-state index is 13.8.